The van der Waals surface area contributed by atoms with Gasteiger partial charge in [-0.1, -0.05) is 42.5 Å². The van der Waals surface area contributed by atoms with E-state index in [4.69, 9.17) is 10.8 Å². The van der Waals surface area contributed by atoms with E-state index in [0.717, 1.165) is 11.3 Å². The first kappa shape index (κ1) is 13.0. The maximum Gasteiger partial charge on any atom is 0.323 e. The number of aliphatic carboxylic acids is 1. The number of anilines is 2. The van der Waals surface area contributed by atoms with E-state index in [-0.39, 0.29) is 6.54 Å². The smallest absolute Gasteiger partial charge is 0.323 e. The van der Waals surface area contributed by atoms with Crippen molar-refractivity contribution in [1.82, 2.24) is 0 Å². The summed E-state index contributed by atoms with van der Waals surface area (Å²) >= 11 is 0. The predicted octanol–water partition coefficient (Wildman–Crippen LogP) is 2.36. The van der Waals surface area contributed by atoms with Gasteiger partial charge in [0.05, 0.1) is 11.4 Å². The summed E-state index contributed by atoms with van der Waals surface area (Å²) in [5.74, 6) is -0.876. The molecule has 2 aromatic carbocycles. The van der Waals surface area contributed by atoms with Gasteiger partial charge in [0.15, 0.2) is 0 Å². The van der Waals surface area contributed by atoms with E-state index in [1.807, 2.05) is 48.5 Å². The normalized spacial score (nSPS) is 10.1. The topological polar surface area (TPSA) is 66.6 Å². The zero-order chi connectivity index (χ0) is 13.7. The second kappa shape index (κ2) is 5.91. The van der Waals surface area contributed by atoms with Crippen LogP contribution in [-0.4, -0.2) is 17.6 Å². The van der Waals surface area contributed by atoms with E-state index in [2.05, 4.69) is 0 Å². The van der Waals surface area contributed by atoms with Crippen LogP contribution in [0.5, 0.6) is 0 Å². The highest BCUT2D eigenvalue weighted by atomic mass is 16.4. The molecule has 0 atom stereocenters. The molecule has 0 bridgehead atoms. The Morgan fingerprint density at radius 2 is 1.68 bits per heavy atom. The van der Waals surface area contributed by atoms with Gasteiger partial charge in [-0.25, -0.2) is 0 Å². The van der Waals surface area contributed by atoms with Crippen molar-refractivity contribution < 1.29 is 9.90 Å². The third-order valence-corrected chi connectivity index (χ3v) is 2.82. The molecule has 0 aromatic heterocycles. The number of para-hydroxylation sites is 2. The average molecular weight is 256 g/mol. The van der Waals surface area contributed by atoms with E-state index in [1.54, 1.807) is 11.0 Å². The molecule has 2 aromatic rings. The molecular weight excluding hydrogens is 240 g/mol. The Morgan fingerprint density at radius 3 is 2.32 bits per heavy atom. The molecule has 4 nitrogen and oxygen atoms in total. The van der Waals surface area contributed by atoms with Crippen molar-refractivity contribution >= 4 is 17.3 Å². The quantitative estimate of drug-likeness (QED) is 0.806. The Morgan fingerprint density at radius 1 is 1.05 bits per heavy atom. The molecular formula is C15H16N2O2. The maximum absolute atomic E-state index is 11.0. The fourth-order valence-electron chi connectivity index (χ4n) is 1.97. The van der Waals surface area contributed by atoms with Gasteiger partial charge < -0.3 is 15.7 Å². The van der Waals surface area contributed by atoms with Crippen LogP contribution in [0.1, 0.15) is 5.56 Å². The predicted molar refractivity (Wildman–Crippen MR) is 76.0 cm³/mol. The fraction of sp³-hybridized carbons (Fsp3) is 0.133. The monoisotopic (exact) mass is 256 g/mol. The molecule has 0 aliphatic carbocycles. The molecule has 0 fully saturated rings. The second-order valence-electron chi connectivity index (χ2n) is 4.29. The van der Waals surface area contributed by atoms with E-state index in [0.29, 0.717) is 12.2 Å². The molecule has 0 aliphatic heterocycles. The minimum Gasteiger partial charge on any atom is -0.480 e. The number of rotatable bonds is 5. The average Bonchev–Trinajstić information content (AvgIpc) is 2.39. The van der Waals surface area contributed by atoms with E-state index < -0.39 is 5.97 Å². The highest BCUT2D eigenvalue weighted by Crippen LogP contribution is 2.24. The Hall–Kier alpha value is -2.49. The van der Waals surface area contributed by atoms with Crippen molar-refractivity contribution in [3.05, 3.63) is 60.2 Å². The molecule has 0 aliphatic rings. The SMILES string of the molecule is Nc1ccccc1N(CC(=O)O)Cc1ccccc1. The van der Waals surface area contributed by atoms with Gasteiger partial charge >= 0.3 is 5.97 Å². The number of nitrogen functional groups attached to an aromatic ring is 1. The third kappa shape index (κ3) is 3.48. The summed E-state index contributed by atoms with van der Waals surface area (Å²) in [7, 11) is 0. The lowest BCUT2D eigenvalue weighted by Gasteiger charge is -2.24. The molecule has 0 saturated heterocycles. The molecule has 3 N–H and O–H groups in total. The Bertz CT molecular complexity index is 555. The molecule has 19 heavy (non-hydrogen) atoms. The van der Waals surface area contributed by atoms with Crippen LogP contribution in [-0.2, 0) is 11.3 Å². The number of nitrogens with two attached hydrogens (primary N) is 1. The number of carboxylic acids is 1. The summed E-state index contributed by atoms with van der Waals surface area (Å²) in [5.41, 5.74) is 8.29. The molecule has 0 radical (unpaired) electrons. The first-order valence-electron chi connectivity index (χ1n) is 6.02. The summed E-state index contributed by atoms with van der Waals surface area (Å²) < 4.78 is 0. The summed E-state index contributed by atoms with van der Waals surface area (Å²) in [4.78, 5) is 12.8. The largest absolute Gasteiger partial charge is 0.480 e. The molecule has 98 valence electrons. The number of carbonyl (C=O) groups is 1. The lowest BCUT2D eigenvalue weighted by atomic mass is 10.2. The van der Waals surface area contributed by atoms with Gasteiger partial charge in [0.1, 0.15) is 6.54 Å². The molecule has 0 saturated carbocycles. The summed E-state index contributed by atoms with van der Waals surface area (Å²) in [5, 5.41) is 9.03. The van der Waals surface area contributed by atoms with Crippen LogP contribution in [0.25, 0.3) is 0 Å². The van der Waals surface area contributed by atoms with Gasteiger partial charge in [-0.15, -0.1) is 0 Å². The number of nitrogens with zero attached hydrogens (tertiary/aromatic N) is 1. The van der Waals surface area contributed by atoms with Gasteiger partial charge in [-0.3, -0.25) is 4.79 Å². The third-order valence-electron chi connectivity index (χ3n) is 2.82. The number of benzene rings is 2. The number of hydrogen-bond acceptors (Lipinski definition) is 3. The van der Waals surface area contributed by atoms with Crippen LogP contribution in [0.2, 0.25) is 0 Å². The Balaban J connectivity index is 2.26. The molecule has 4 heteroatoms. The first-order valence-corrected chi connectivity index (χ1v) is 6.02. The number of hydrogen-bond donors (Lipinski definition) is 2. The molecule has 0 heterocycles. The standard InChI is InChI=1S/C15H16N2O2/c16-13-8-4-5-9-14(13)17(11-15(18)19)10-12-6-2-1-3-7-12/h1-9H,10-11,16H2,(H,18,19). The van der Waals surface area contributed by atoms with E-state index in [9.17, 15) is 4.79 Å². The summed E-state index contributed by atoms with van der Waals surface area (Å²) in [6, 6.07) is 17.0. The van der Waals surface area contributed by atoms with Gasteiger partial charge in [0.25, 0.3) is 0 Å². The van der Waals surface area contributed by atoms with E-state index in [1.165, 1.54) is 0 Å². The van der Waals surface area contributed by atoms with Crippen molar-refractivity contribution in [2.24, 2.45) is 0 Å². The van der Waals surface area contributed by atoms with Crippen LogP contribution >= 0.6 is 0 Å². The van der Waals surface area contributed by atoms with Gasteiger partial charge in [-0.05, 0) is 17.7 Å². The maximum atomic E-state index is 11.0. The molecule has 2 rings (SSSR count). The van der Waals surface area contributed by atoms with Crippen LogP contribution < -0.4 is 10.6 Å². The second-order valence-corrected chi connectivity index (χ2v) is 4.29. The summed E-state index contributed by atoms with van der Waals surface area (Å²) in [6.45, 7) is 0.435. The first-order chi connectivity index (χ1) is 9.16. The van der Waals surface area contributed by atoms with Crippen molar-refractivity contribution in [2.75, 3.05) is 17.2 Å². The van der Waals surface area contributed by atoms with E-state index >= 15 is 0 Å². The molecule has 0 amide bonds. The van der Waals surface area contributed by atoms with Crippen molar-refractivity contribution in [2.45, 2.75) is 6.54 Å². The zero-order valence-corrected chi connectivity index (χ0v) is 10.5. The van der Waals surface area contributed by atoms with Gasteiger partial charge in [0, 0.05) is 6.54 Å². The zero-order valence-electron chi connectivity index (χ0n) is 10.5. The van der Waals surface area contributed by atoms with Crippen molar-refractivity contribution in [3.63, 3.8) is 0 Å². The lowest BCUT2D eigenvalue weighted by molar-refractivity contribution is -0.135. The van der Waals surface area contributed by atoms with Crippen LogP contribution in [0, 0.1) is 0 Å². The Kier molecular flexibility index (Phi) is 4.03. The highest BCUT2D eigenvalue weighted by molar-refractivity contribution is 5.77. The van der Waals surface area contributed by atoms with Crippen LogP contribution in [0.4, 0.5) is 11.4 Å². The highest BCUT2D eigenvalue weighted by Gasteiger charge is 2.13. The van der Waals surface area contributed by atoms with Gasteiger partial charge in [-0.2, -0.15) is 0 Å². The van der Waals surface area contributed by atoms with Crippen molar-refractivity contribution in [1.29, 1.82) is 0 Å². The minimum absolute atomic E-state index is 0.0803. The number of carboxylic acid groups (broad SMARTS) is 1. The fourth-order valence-corrected chi connectivity index (χ4v) is 1.97. The Labute approximate surface area is 112 Å². The van der Waals surface area contributed by atoms with Gasteiger partial charge in [0.2, 0.25) is 0 Å². The minimum atomic E-state index is -0.876. The molecule has 0 unspecified atom stereocenters. The van der Waals surface area contributed by atoms with Crippen LogP contribution in [0.3, 0.4) is 0 Å². The lowest BCUT2D eigenvalue weighted by Crippen LogP contribution is -2.29. The summed E-state index contributed by atoms with van der Waals surface area (Å²) in [6.07, 6.45) is 0. The molecule has 0 spiro atoms. The van der Waals surface area contributed by atoms with Crippen molar-refractivity contribution in [3.8, 4) is 0 Å². The van der Waals surface area contributed by atoms with Crippen LogP contribution in [0.15, 0.2) is 54.6 Å².